The highest BCUT2D eigenvalue weighted by atomic mass is 32.2. The van der Waals surface area contributed by atoms with Gasteiger partial charge in [-0.25, -0.2) is 4.98 Å². The van der Waals surface area contributed by atoms with E-state index in [0.29, 0.717) is 10.0 Å². The third-order valence-electron chi connectivity index (χ3n) is 3.30. The van der Waals surface area contributed by atoms with E-state index in [1.165, 1.54) is 35.4 Å². The molecule has 0 unspecified atom stereocenters. The Kier molecular flexibility index (Phi) is 6.09. The van der Waals surface area contributed by atoms with Gasteiger partial charge in [-0.15, -0.1) is 11.3 Å². The Balaban J connectivity index is 1.93. The number of furan rings is 1. The zero-order valence-corrected chi connectivity index (χ0v) is 15.9. The Hall–Kier alpha value is -2.85. The number of carbonyl (C=O) groups excluding carboxylic acids is 2. The van der Waals surface area contributed by atoms with E-state index in [-0.39, 0.29) is 17.3 Å². The number of nitrogens with one attached hydrogen (secondary N) is 3. The molecule has 0 bridgehead atoms. The third kappa shape index (κ3) is 4.66. The van der Waals surface area contributed by atoms with Gasteiger partial charge in [0.2, 0.25) is 0 Å². The van der Waals surface area contributed by atoms with E-state index in [0.717, 1.165) is 12.2 Å². The van der Waals surface area contributed by atoms with Crippen LogP contribution >= 0.6 is 23.1 Å². The Morgan fingerprint density at radius 3 is 2.78 bits per heavy atom. The first-order valence-electron chi connectivity index (χ1n) is 8.05. The number of carbonyl (C=O) groups is 2. The van der Waals surface area contributed by atoms with E-state index in [1.807, 2.05) is 6.92 Å². The van der Waals surface area contributed by atoms with Crippen molar-refractivity contribution in [3.63, 3.8) is 0 Å². The molecule has 0 atom stereocenters. The minimum atomic E-state index is -0.573. The molecule has 3 N–H and O–H groups in total. The highest BCUT2D eigenvalue weighted by molar-refractivity contribution is 7.99. The predicted molar refractivity (Wildman–Crippen MR) is 105 cm³/mol. The van der Waals surface area contributed by atoms with Crippen LogP contribution in [-0.2, 0) is 0 Å². The summed E-state index contributed by atoms with van der Waals surface area (Å²) in [4.78, 5) is 44.5. The average molecular weight is 404 g/mol. The van der Waals surface area contributed by atoms with Gasteiger partial charge < -0.3 is 15.1 Å². The van der Waals surface area contributed by atoms with Crippen LogP contribution in [0.3, 0.4) is 0 Å². The number of thiophene rings is 1. The summed E-state index contributed by atoms with van der Waals surface area (Å²) in [6, 6.07) is 6.42. The molecule has 0 aliphatic carbocycles. The maximum absolute atomic E-state index is 12.5. The topological polar surface area (TPSA) is 117 Å². The van der Waals surface area contributed by atoms with E-state index in [1.54, 1.807) is 23.6 Å². The third-order valence-corrected chi connectivity index (χ3v) is 5.25. The summed E-state index contributed by atoms with van der Waals surface area (Å²) in [5.74, 6) is -0.259. The number of aromatic nitrogens is 2. The van der Waals surface area contributed by atoms with Crippen LogP contribution in [0.1, 0.15) is 33.6 Å². The van der Waals surface area contributed by atoms with Gasteiger partial charge in [0.15, 0.2) is 22.4 Å². The lowest BCUT2D eigenvalue weighted by molar-refractivity contribution is 0.0993. The first-order valence-corrected chi connectivity index (χ1v) is 9.92. The summed E-state index contributed by atoms with van der Waals surface area (Å²) in [6.45, 7) is 2.00. The van der Waals surface area contributed by atoms with Crippen molar-refractivity contribution >= 4 is 46.4 Å². The molecular formula is C17H16N4O4S2. The number of anilines is 2. The highest BCUT2D eigenvalue weighted by Crippen LogP contribution is 2.22. The monoisotopic (exact) mass is 404 g/mol. The molecule has 10 heteroatoms. The quantitative estimate of drug-likeness (QED) is 0.410. The largest absolute Gasteiger partial charge is 0.459 e. The van der Waals surface area contributed by atoms with E-state index >= 15 is 0 Å². The first-order chi connectivity index (χ1) is 13.1. The number of hydrogen-bond donors (Lipinski definition) is 3. The van der Waals surface area contributed by atoms with Crippen LogP contribution in [0.2, 0.25) is 0 Å². The molecule has 0 spiro atoms. The number of thioether (sulfide) groups is 1. The molecule has 0 aliphatic rings. The van der Waals surface area contributed by atoms with Crippen LogP contribution < -0.4 is 16.2 Å². The number of nitrogens with zero attached hydrogens (tertiary/aromatic N) is 1. The number of aromatic amines is 1. The fraction of sp³-hybridized carbons (Fsp3) is 0.176. The van der Waals surface area contributed by atoms with Gasteiger partial charge in [-0.05, 0) is 30.0 Å². The van der Waals surface area contributed by atoms with Crippen molar-refractivity contribution in [1.29, 1.82) is 0 Å². The molecule has 0 aromatic carbocycles. The van der Waals surface area contributed by atoms with Gasteiger partial charge in [0.05, 0.1) is 11.1 Å². The van der Waals surface area contributed by atoms with E-state index in [4.69, 9.17) is 4.42 Å². The fourth-order valence-electron chi connectivity index (χ4n) is 2.09. The lowest BCUT2D eigenvalue weighted by Crippen LogP contribution is -2.24. The highest BCUT2D eigenvalue weighted by Gasteiger charge is 2.19. The smallest absolute Gasteiger partial charge is 0.292 e. The zero-order chi connectivity index (χ0) is 19.2. The van der Waals surface area contributed by atoms with Crippen molar-refractivity contribution in [2.24, 2.45) is 0 Å². The second kappa shape index (κ2) is 8.69. The minimum absolute atomic E-state index is 0.0383. The van der Waals surface area contributed by atoms with Gasteiger partial charge >= 0.3 is 0 Å². The number of H-pyrrole nitrogens is 1. The Bertz CT molecular complexity index is 981. The van der Waals surface area contributed by atoms with E-state index < -0.39 is 17.4 Å². The van der Waals surface area contributed by atoms with Crippen molar-refractivity contribution in [3.05, 3.63) is 56.9 Å². The van der Waals surface area contributed by atoms with Crippen molar-refractivity contribution in [2.45, 2.75) is 18.5 Å². The van der Waals surface area contributed by atoms with Crippen LogP contribution in [-0.4, -0.2) is 27.5 Å². The van der Waals surface area contributed by atoms with Crippen LogP contribution in [0.15, 0.2) is 50.3 Å². The van der Waals surface area contributed by atoms with Crippen LogP contribution in [0.4, 0.5) is 11.5 Å². The molecule has 8 nitrogen and oxygen atoms in total. The first kappa shape index (κ1) is 18.9. The predicted octanol–water partition coefficient (Wildman–Crippen LogP) is 3.43. The molecule has 27 heavy (non-hydrogen) atoms. The van der Waals surface area contributed by atoms with Crippen LogP contribution in [0.5, 0.6) is 0 Å². The Morgan fingerprint density at radius 2 is 2.11 bits per heavy atom. The fourth-order valence-corrected chi connectivity index (χ4v) is 3.42. The molecule has 0 radical (unpaired) electrons. The second-order valence-corrected chi connectivity index (χ2v) is 7.34. The molecule has 3 heterocycles. The Morgan fingerprint density at radius 1 is 1.26 bits per heavy atom. The summed E-state index contributed by atoms with van der Waals surface area (Å²) in [6.07, 6.45) is 2.25. The van der Waals surface area contributed by atoms with Gasteiger partial charge in [0.25, 0.3) is 17.4 Å². The minimum Gasteiger partial charge on any atom is -0.459 e. The van der Waals surface area contributed by atoms with Gasteiger partial charge in [-0.2, -0.15) is 0 Å². The van der Waals surface area contributed by atoms with Crippen molar-refractivity contribution in [2.75, 3.05) is 16.4 Å². The van der Waals surface area contributed by atoms with Crippen molar-refractivity contribution < 1.29 is 14.0 Å². The lowest BCUT2D eigenvalue weighted by atomic mass is 10.3. The number of hydrogen-bond acceptors (Lipinski definition) is 7. The number of amides is 2. The van der Waals surface area contributed by atoms with Crippen molar-refractivity contribution in [3.8, 4) is 0 Å². The molecule has 3 rings (SSSR count). The standard InChI is InChI=1S/C17H16N4O4S2/c1-2-8-27-17-20-13(19-14(22)10-5-3-7-25-10)12(16(24)21-17)18-15(23)11-6-4-9-26-11/h3-7,9H,2,8H2,1H3,(H,18,23)(H2,19,20,21,22,24). The van der Waals surface area contributed by atoms with Crippen LogP contribution in [0.25, 0.3) is 0 Å². The summed E-state index contributed by atoms with van der Waals surface area (Å²) >= 11 is 2.58. The SMILES string of the molecule is CCCSc1nc(NC(=O)c2ccco2)c(NC(=O)c2cccs2)c(=O)[nH]1. The van der Waals surface area contributed by atoms with Gasteiger partial charge in [0, 0.05) is 5.75 Å². The maximum Gasteiger partial charge on any atom is 0.292 e. The Labute approximate surface area is 162 Å². The zero-order valence-electron chi connectivity index (χ0n) is 14.3. The average Bonchev–Trinajstić information content (AvgIpc) is 3.36. The summed E-state index contributed by atoms with van der Waals surface area (Å²) in [7, 11) is 0. The van der Waals surface area contributed by atoms with E-state index in [9.17, 15) is 14.4 Å². The molecular weight excluding hydrogens is 388 g/mol. The maximum atomic E-state index is 12.5. The normalized spacial score (nSPS) is 10.6. The second-order valence-electron chi connectivity index (χ2n) is 5.31. The molecule has 0 saturated carbocycles. The lowest BCUT2D eigenvalue weighted by Gasteiger charge is -2.11. The van der Waals surface area contributed by atoms with Gasteiger partial charge in [-0.3, -0.25) is 19.4 Å². The van der Waals surface area contributed by atoms with Gasteiger partial charge in [-0.1, -0.05) is 24.8 Å². The van der Waals surface area contributed by atoms with Crippen LogP contribution in [0, 0.1) is 0 Å². The van der Waals surface area contributed by atoms with E-state index in [2.05, 4.69) is 20.6 Å². The molecule has 3 aromatic rings. The summed E-state index contributed by atoms with van der Waals surface area (Å²) in [5.41, 5.74) is -0.683. The number of rotatable bonds is 7. The summed E-state index contributed by atoms with van der Waals surface area (Å²) < 4.78 is 5.06. The molecule has 0 saturated heterocycles. The molecule has 3 aromatic heterocycles. The molecule has 2 amide bonds. The summed E-state index contributed by atoms with van der Waals surface area (Å²) in [5, 5.41) is 7.16. The van der Waals surface area contributed by atoms with Gasteiger partial charge in [0.1, 0.15) is 0 Å². The molecule has 0 fully saturated rings. The molecule has 0 aliphatic heterocycles. The van der Waals surface area contributed by atoms with Crippen molar-refractivity contribution in [1.82, 2.24) is 9.97 Å². The molecule has 140 valence electrons.